The molecule has 0 saturated heterocycles. The van der Waals surface area contributed by atoms with Crippen LogP contribution in [-0.2, 0) is 29.8 Å². The number of carbonyl (C=O) groups excluding carboxylic acids is 4. The molecule has 0 aliphatic rings. The minimum Gasteiger partial charge on any atom is -0.507 e. The Kier molecular flexibility index (Phi) is 9.76. The normalized spacial score (nSPS) is 11.5. The highest BCUT2D eigenvalue weighted by atomic mass is 32.2. The summed E-state index contributed by atoms with van der Waals surface area (Å²) >= 11 is 0. The minimum absolute atomic E-state index is 0.0281. The van der Waals surface area contributed by atoms with Crippen LogP contribution in [0.15, 0.2) is 119 Å². The topological polar surface area (TPSA) is 266 Å². The van der Waals surface area contributed by atoms with Crippen molar-refractivity contribution in [2.45, 2.75) is 9.79 Å². The van der Waals surface area contributed by atoms with Crippen LogP contribution in [-0.4, -0.2) is 59.8 Å². The predicted molar refractivity (Wildman–Crippen MR) is 197 cm³/mol. The summed E-state index contributed by atoms with van der Waals surface area (Å²) in [6, 6.07) is 23.8. The van der Waals surface area contributed by atoms with Crippen molar-refractivity contribution in [3.8, 4) is 11.5 Å². The summed E-state index contributed by atoms with van der Waals surface area (Å²) in [5.41, 5.74) is -1.07. The Morgan fingerprint density at radius 1 is 0.463 bits per heavy atom. The van der Waals surface area contributed by atoms with Gasteiger partial charge in [-0.25, -0.2) is 0 Å². The molecule has 16 nitrogen and oxygen atoms in total. The number of aromatic hydroxyl groups is 2. The second kappa shape index (κ2) is 14.3. The molecule has 4 amide bonds. The van der Waals surface area contributed by atoms with Gasteiger partial charge in [0.25, 0.3) is 32.1 Å². The molecule has 0 heterocycles. The van der Waals surface area contributed by atoms with Gasteiger partial charge in [0.05, 0.1) is 11.4 Å². The van der Waals surface area contributed by atoms with E-state index in [2.05, 4.69) is 21.3 Å². The number of amides is 4. The van der Waals surface area contributed by atoms with E-state index in [1.807, 2.05) is 0 Å². The average molecular weight is 771 g/mol. The van der Waals surface area contributed by atoms with Crippen LogP contribution in [0.2, 0.25) is 0 Å². The van der Waals surface area contributed by atoms with Crippen molar-refractivity contribution in [1.29, 1.82) is 0 Å². The Bertz CT molecular complexity index is 2600. The van der Waals surface area contributed by atoms with Gasteiger partial charge in [0, 0.05) is 33.3 Å². The molecule has 6 aromatic rings. The van der Waals surface area contributed by atoms with Crippen molar-refractivity contribution in [2.24, 2.45) is 0 Å². The minimum atomic E-state index is -4.86. The third kappa shape index (κ3) is 7.66. The van der Waals surface area contributed by atoms with E-state index in [9.17, 15) is 55.3 Å². The quantitative estimate of drug-likeness (QED) is 0.0753. The molecule has 0 saturated carbocycles. The van der Waals surface area contributed by atoms with E-state index in [0.29, 0.717) is 10.8 Å². The van der Waals surface area contributed by atoms with Crippen LogP contribution < -0.4 is 21.3 Å². The Morgan fingerprint density at radius 3 is 1.20 bits per heavy atom. The highest BCUT2D eigenvalue weighted by Crippen LogP contribution is 2.38. The maximum absolute atomic E-state index is 13.3. The summed E-state index contributed by atoms with van der Waals surface area (Å²) in [6.45, 7) is 0. The molecule has 0 spiro atoms. The van der Waals surface area contributed by atoms with Crippen LogP contribution >= 0.6 is 0 Å². The van der Waals surface area contributed by atoms with Crippen molar-refractivity contribution < 1.29 is 55.3 Å². The first-order valence-electron chi connectivity index (χ1n) is 15.4. The number of fused-ring (bicyclic) bond motifs is 2. The second-order valence-electron chi connectivity index (χ2n) is 11.6. The van der Waals surface area contributed by atoms with Crippen LogP contribution in [0.1, 0.15) is 20.7 Å². The smallest absolute Gasteiger partial charge is 0.314 e. The van der Waals surface area contributed by atoms with Gasteiger partial charge >= 0.3 is 11.8 Å². The fraction of sp³-hybridized carbons (Fsp3) is 0. The molecular formula is C36H26N4O12S2. The van der Waals surface area contributed by atoms with Gasteiger partial charge in [-0.3, -0.25) is 28.3 Å². The van der Waals surface area contributed by atoms with Crippen LogP contribution in [0.4, 0.5) is 22.7 Å². The molecule has 0 atom stereocenters. The number of phenols is 2. The molecule has 54 heavy (non-hydrogen) atoms. The third-order valence-electron chi connectivity index (χ3n) is 7.98. The zero-order chi connectivity index (χ0) is 38.9. The summed E-state index contributed by atoms with van der Waals surface area (Å²) in [4.78, 5) is 50.9. The molecule has 0 aliphatic heterocycles. The SMILES string of the molecule is O=C(Nc1cccc(C(=O)Nc2c(S(=O)(=O)O)ccc3cccc(O)c23)c1)C(=O)Nc1cccc(C(=O)Nc2c(S(=O)(=O)O)ccc3cccc(O)c23)c1. The Morgan fingerprint density at radius 2 is 0.833 bits per heavy atom. The first-order chi connectivity index (χ1) is 25.5. The van der Waals surface area contributed by atoms with E-state index in [4.69, 9.17) is 0 Å². The fourth-order valence-corrected chi connectivity index (χ4v) is 6.89. The van der Waals surface area contributed by atoms with Crippen molar-refractivity contribution in [3.63, 3.8) is 0 Å². The Hall–Kier alpha value is -6.86. The molecule has 6 aromatic carbocycles. The molecule has 6 rings (SSSR count). The highest BCUT2D eigenvalue weighted by Gasteiger charge is 2.24. The lowest BCUT2D eigenvalue weighted by Gasteiger charge is -2.14. The molecular weight excluding hydrogens is 745 g/mol. The maximum Gasteiger partial charge on any atom is 0.314 e. The molecule has 18 heteroatoms. The van der Waals surface area contributed by atoms with E-state index in [-0.39, 0.29) is 44.8 Å². The van der Waals surface area contributed by atoms with Crippen LogP contribution in [0.3, 0.4) is 0 Å². The van der Waals surface area contributed by atoms with Gasteiger partial charge in [-0.15, -0.1) is 0 Å². The second-order valence-corrected chi connectivity index (χ2v) is 14.3. The number of rotatable bonds is 8. The first kappa shape index (κ1) is 36.9. The van der Waals surface area contributed by atoms with E-state index >= 15 is 0 Å². The van der Waals surface area contributed by atoms with Gasteiger partial charge in [-0.1, -0.05) is 48.5 Å². The molecule has 8 N–H and O–H groups in total. The number of hydrogen-bond acceptors (Lipinski definition) is 10. The standard InChI is InChI=1S/C36H26N4O12S2/c41-25-11-3-5-19-13-15-27(53(47,48)49)31(29(19)25)39-33(43)21-7-1-9-23(17-21)37-35(45)36(46)38-24-10-2-8-22(18-24)34(44)40-32-28(54(50,51)52)16-14-20-6-4-12-26(42)30(20)32/h1-18,41-42H,(H,37,45)(H,38,46)(H,39,43)(H,40,44)(H,47,48,49)(H,50,51,52). The van der Waals surface area contributed by atoms with Crippen LogP contribution in [0.5, 0.6) is 11.5 Å². The number of hydrogen-bond donors (Lipinski definition) is 8. The number of anilines is 4. The number of phenolic OH excluding ortho intramolecular Hbond substituents is 2. The summed E-state index contributed by atoms with van der Waals surface area (Å²) in [7, 11) is -9.71. The average Bonchev–Trinajstić information content (AvgIpc) is 3.11. The monoisotopic (exact) mass is 770 g/mol. The number of carbonyl (C=O) groups is 4. The van der Waals surface area contributed by atoms with Crippen LogP contribution in [0.25, 0.3) is 21.5 Å². The Balaban J connectivity index is 1.17. The first-order valence-corrected chi connectivity index (χ1v) is 18.3. The lowest BCUT2D eigenvalue weighted by Crippen LogP contribution is -2.29. The summed E-state index contributed by atoms with van der Waals surface area (Å²) in [5.74, 6) is -4.92. The molecule has 0 bridgehead atoms. The van der Waals surface area contributed by atoms with Crippen LogP contribution in [0, 0.1) is 0 Å². The maximum atomic E-state index is 13.3. The number of nitrogens with one attached hydrogen (secondary N) is 4. The van der Waals surface area contributed by atoms with Gasteiger partial charge in [0.15, 0.2) is 0 Å². The van der Waals surface area contributed by atoms with E-state index in [0.717, 1.165) is 12.1 Å². The molecule has 274 valence electrons. The molecule has 0 radical (unpaired) electrons. The third-order valence-corrected chi connectivity index (χ3v) is 9.77. The molecule has 0 aliphatic carbocycles. The Labute approximate surface area is 305 Å². The van der Waals surface area contributed by atoms with Gasteiger partial charge in [-0.05, 0) is 71.4 Å². The van der Waals surface area contributed by atoms with E-state index in [1.54, 1.807) is 12.1 Å². The lowest BCUT2D eigenvalue weighted by molar-refractivity contribution is -0.132. The number of benzene rings is 6. The largest absolute Gasteiger partial charge is 0.507 e. The van der Waals surface area contributed by atoms with E-state index < -0.39 is 65.0 Å². The van der Waals surface area contributed by atoms with Gasteiger partial charge in [0.1, 0.15) is 21.3 Å². The molecule has 0 unspecified atom stereocenters. The van der Waals surface area contributed by atoms with Gasteiger partial charge in [0.2, 0.25) is 0 Å². The highest BCUT2D eigenvalue weighted by molar-refractivity contribution is 7.86. The van der Waals surface area contributed by atoms with Crippen molar-refractivity contribution in [2.75, 3.05) is 21.3 Å². The van der Waals surface area contributed by atoms with Crippen molar-refractivity contribution in [3.05, 3.63) is 120 Å². The fourth-order valence-electron chi connectivity index (χ4n) is 5.58. The van der Waals surface area contributed by atoms with Crippen molar-refractivity contribution >= 4 is 88.2 Å². The predicted octanol–water partition coefficient (Wildman–Crippen LogP) is 4.98. The summed E-state index contributed by atoms with van der Waals surface area (Å²) in [5, 5.41) is 30.9. The zero-order valence-electron chi connectivity index (χ0n) is 27.3. The summed E-state index contributed by atoms with van der Waals surface area (Å²) < 4.78 is 68.0. The zero-order valence-corrected chi connectivity index (χ0v) is 28.9. The molecule has 0 fully saturated rings. The summed E-state index contributed by atoms with van der Waals surface area (Å²) in [6.07, 6.45) is 0. The lowest BCUT2D eigenvalue weighted by atomic mass is 10.1. The van der Waals surface area contributed by atoms with E-state index in [1.165, 1.54) is 84.9 Å². The van der Waals surface area contributed by atoms with Gasteiger partial charge < -0.3 is 31.5 Å². The van der Waals surface area contributed by atoms with Gasteiger partial charge in [-0.2, -0.15) is 16.8 Å². The van der Waals surface area contributed by atoms with Crippen molar-refractivity contribution in [1.82, 2.24) is 0 Å². The molecule has 0 aromatic heterocycles.